The van der Waals surface area contributed by atoms with Crippen molar-refractivity contribution in [2.75, 3.05) is 18.8 Å². The molecular formula is C12H15ClN2. The van der Waals surface area contributed by atoms with Gasteiger partial charge in [0.05, 0.1) is 0 Å². The number of nitrogen functional groups attached to an aromatic ring is 1. The Morgan fingerprint density at radius 2 is 2.33 bits per heavy atom. The van der Waals surface area contributed by atoms with E-state index in [1.54, 1.807) is 5.54 Å². The van der Waals surface area contributed by atoms with E-state index >= 15 is 0 Å². The van der Waals surface area contributed by atoms with Crippen LogP contribution in [0, 0.1) is 0 Å². The van der Waals surface area contributed by atoms with Gasteiger partial charge < -0.3 is 5.73 Å². The van der Waals surface area contributed by atoms with Gasteiger partial charge in [-0.2, -0.15) is 0 Å². The Morgan fingerprint density at radius 1 is 1.47 bits per heavy atom. The van der Waals surface area contributed by atoms with E-state index in [1.807, 2.05) is 18.2 Å². The predicted octanol–water partition coefficient (Wildman–Crippen LogP) is 2.38. The van der Waals surface area contributed by atoms with E-state index < -0.39 is 0 Å². The molecule has 0 radical (unpaired) electrons. The van der Waals surface area contributed by atoms with Crippen LogP contribution in [0.1, 0.15) is 11.1 Å². The lowest BCUT2D eigenvalue weighted by molar-refractivity contribution is 0.282. The molecule has 0 unspecified atom stereocenters. The lowest BCUT2D eigenvalue weighted by Crippen LogP contribution is -2.31. The first-order valence-electron chi connectivity index (χ1n) is 5.15. The minimum absolute atomic E-state index is 0.914. The zero-order valence-electron chi connectivity index (χ0n) is 8.62. The summed E-state index contributed by atoms with van der Waals surface area (Å²) in [5.41, 5.74) is 11.1. The Balaban J connectivity index is 2.13. The van der Waals surface area contributed by atoms with E-state index in [1.165, 1.54) is 11.1 Å². The van der Waals surface area contributed by atoms with Gasteiger partial charge in [0.1, 0.15) is 0 Å². The number of hydrogen-bond donors (Lipinski definition) is 1. The number of benzene rings is 1. The third-order valence-corrected chi connectivity index (χ3v) is 3.01. The van der Waals surface area contributed by atoms with E-state index in [9.17, 15) is 0 Å². The molecule has 0 bridgehead atoms. The van der Waals surface area contributed by atoms with Gasteiger partial charge in [0.25, 0.3) is 0 Å². The number of anilines is 1. The molecule has 3 heteroatoms. The van der Waals surface area contributed by atoms with E-state index in [0.29, 0.717) is 0 Å². The zero-order chi connectivity index (χ0) is 10.7. The monoisotopic (exact) mass is 222 g/mol. The molecule has 1 aliphatic heterocycles. The average Bonchev–Trinajstić information content (AvgIpc) is 2.26. The molecule has 0 amide bonds. The van der Waals surface area contributed by atoms with Crippen molar-refractivity contribution < 1.29 is 0 Å². The Hall–Kier alpha value is -0.990. The molecule has 1 aromatic rings. The maximum atomic E-state index is 5.93. The second-order valence-electron chi connectivity index (χ2n) is 3.83. The number of nitrogens with two attached hydrogens (primary N) is 1. The number of halogens is 1. The SMILES string of the molecule is Nc1cccc2c1CCN(C/C=C/Cl)C2. The van der Waals surface area contributed by atoms with E-state index in [2.05, 4.69) is 11.0 Å². The molecule has 1 aliphatic rings. The van der Waals surface area contributed by atoms with Crippen LogP contribution >= 0.6 is 11.6 Å². The van der Waals surface area contributed by atoms with Crippen molar-refractivity contribution in [3.8, 4) is 0 Å². The Morgan fingerprint density at radius 3 is 3.13 bits per heavy atom. The summed E-state index contributed by atoms with van der Waals surface area (Å²) in [6, 6.07) is 6.16. The summed E-state index contributed by atoms with van der Waals surface area (Å²) < 4.78 is 0. The Labute approximate surface area is 95.3 Å². The molecular weight excluding hydrogens is 208 g/mol. The highest BCUT2D eigenvalue weighted by Crippen LogP contribution is 2.23. The summed E-state index contributed by atoms with van der Waals surface area (Å²) in [4.78, 5) is 2.36. The topological polar surface area (TPSA) is 29.3 Å². The van der Waals surface area contributed by atoms with Crippen molar-refractivity contribution >= 4 is 17.3 Å². The van der Waals surface area contributed by atoms with E-state index in [-0.39, 0.29) is 0 Å². The number of rotatable bonds is 2. The third-order valence-electron chi connectivity index (χ3n) is 2.83. The minimum atomic E-state index is 0.914. The van der Waals surface area contributed by atoms with E-state index in [0.717, 1.165) is 31.7 Å². The van der Waals surface area contributed by atoms with Crippen LogP contribution in [0.5, 0.6) is 0 Å². The van der Waals surface area contributed by atoms with Gasteiger partial charge in [-0.3, -0.25) is 4.90 Å². The van der Waals surface area contributed by atoms with Gasteiger partial charge in [-0.25, -0.2) is 0 Å². The molecule has 15 heavy (non-hydrogen) atoms. The smallest absolute Gasteiger partial charge is 0.0350 e. The van der Waals surface area contributed by atoms with Crippen LogP contribution in [0.4, 0.5) is 5.69 Å². The molecule has 1 aromatic carbocycles. The Bertz CT molecular complexity index is 374. The first-order valence-corrected chi connectivity index (χ1v) is 5.58. The van der Waals surface area contributed by atoms with E-state index in [4.69, 9.17) is 17.3 Å². The normalized spacial score (nSPS) is 16.9. The molecule has 2 nitrogen and oxygen atoms in total. The second kappa shape index (κ2) is 4.69. The molecule has 0 aliphatic carbocycles. The maximum Gasteiger partial charge on any atom is 0.0350 e. The first kappa shape index (κ1) is 10.5. The van der Waals surface area contributed by atoms with Gasteiger partial charge >= 0.3 is 0 Å². The minimum Gasteiger partial charge on any atom is -0.398 e. The molecule has 0 saturated carbocycles. The highest BCUT2D eigenvalue weighted by molar-refractivity contribution is 6.25. The van der Waals surface area contributed by atoms with Crippen molar-refractivity contribution in [3.63, 3.8) is 0 Å². The zero-order valence-corrected chi connectivity index (χ0v) is 9.37. The summed E-state index contributed by atoms with van der Waals surface area (Å²) in [7, 11) is 0. The number of nitrogens with zero attached hydrogens (tertiary/aromatic N) is 1. The summed E-state index contributed by atoms with van der Waals surface area (Å²) >= 11 is 5.52. The molecule has 1 heterocycles. The quantitative estimate of drug-likeness (QED) is 0.779. The van der Waals surface area contributed by atoms with Crippen molar-refractivity contribution in [2.45, 2.75) is 13.0 Å². The number of hydrogen-bond acceptors (Lipinski definition) is 2. The highest BCUT2D eigenvalue weighted by atomic mass is 35.5. The van der Waals surface area contributed by atoms with Crippen molar-refractivity contribution in [2.24, 2.45) is 0 Å². The lowest BCUT2D eigenvalue weighted by atomic mass is 9.98. The molecule has 0 aromatic heterocycles. The summed E-state index contributed by atoms with van der Waals surface area (Å²) in [5.74, 6) is 0. The van der Waals surface area contributed by atoms with Gasteiger partial charge in [-0.05, 0) is 23.6 Å². The molecule has 0 spiro atoms. The van der Waals surface area contributed by atoms with Gasteiger partial charge in [0.15, 0.2) is 0 Å². The van der Waals surface area contributed by atoms with Crippen LogP contribution in [0.2, 0.25) is 0 Å². The van der Waals surface area contributed by atoms with Crippen molar-refractivity contribution in [1.29, 1.82) is 0 Å². The van der Waals surface area contributed by atoms with Gasteiger partial charge in [-0.1, -0.05) is 29.8 Å². The molecule has 80 valence electrons. The van der Waals surface area contributed by atoms with Crippen LogP contribution in [0.25, 0.3) is 0 Å². The molecule has 2 N–H and O–H groups in total. The fourth-order valence-electron chi connectivity index (χ4n) is 2.04. The van der Waals surface area contributed by atoms with Crippen molar-refractivity contribution in [1.82, 2.24) is 4.90 Å². The molecule has 2 rings (SSSR count). The molecule has 0 saturated heterocycles. The van der Waals surface area contributed by atoms with Crippen molar-refractivity contribution in [3.05, 3.63) is 40.9 Å². The first-order chi connectivity index (χ1) is 7.31. The van der Waals surface area contributed by atoms with Gasteiger partial charge in [-0.15, -0.1) is 0 Å². The third kappa shape index (κ3) is 2.33. The Kier molecular flexibility index (Phi) is 3.29. The standard InChI is InChI=1S/C12H15ClN2/c13-6-2-7-15-8-5-11-10(9-15)3-1-4-12(11)14/h1-4,6H,5,7-9,14H2/b6-2+. The van der Waals surface area contributed by atoms with Crippen LogP contribution in [-0.2, 0) is 13.0 Å². The fourth-order valence-corrected chi connectivity index (χ4v) is 2.12. The van der Waals surface area contributed by atoms with Gasteiger partial charge in [0, 0.05) is 30.9 Å². The summed E-state index contributed by atoms with van der Waals surface area (Å²) in [5, 5.41) is 0. The summed E-state index contributed by atoms with van der Waals surface area (Å²) in [6.07, 6.45) is 3.01. The molecule has 0 atom stereocenters. The predicted molar refractivity (Wildman–Crippen MR) is 64.8 cm³/mol. The maximum absolute atomic E-state index is 5.93. The lowest BCUT2D eigenvalue weighted by Gasteiger charge is -2.28. The van der Waals surface area contributed by atoms with Crippen LogP contribution in [-0.4, -0.2) is 18.0 Å². The fraction of sp³-hybridized carbons (Fsp3) is 0.333. The summed E-state index contributed by atoms with van der Waals surface area (Å²) in [6.45, 7) is 2.95. The van der Waals surface area contributed by atoms with Crippen LogP contribution < -0.4 is 5.73 Å². The van der Waals surface area contributed by atoms with Crippen LogP contribution in [0.3, 0.4) is 0 Å². The van der Waals surface area contributed by atoms with Gasteiger partial charge in [0.2, 0.25) is 0 Å². The highest BCUT2D eigenvalue weighted by Gasteiger charge is 2.16. The number of fused-ring (bicyclic) bond motifs is 1. The van der Waals surface area contributed by atoms with Crippen LogP contribution in [0.15, 0.2) is 29.8 Å². The molecule has 0 fully saturated rings. The second-order valence-corrected chi connectivity index (χ2v) is 4.08. The largest absolute Gasteiger partial charge is 0.398 e. The average molecular weight is 223 g/mol.